The number of nitrogens with one attached hydrogen (secondary N) is 2. The van der Waals surface area contributed by atoms with Crippen molar-refractivity contribution < 1.29 is 27.8 Å². The van der Waals surface area contributed by atoms with Crippen LogP contribution in [0.2, 0.25) is 0 Å². The number of sulfonamides is 1. The largest absolute Gasteiger partial charge is 0.493 e. The number of hydrogen-bond donors (Lipinski definition) is 4. The number of aliphatic hydroxyl groups excluding tert-OH is 1. The van der Waals surface area contributed by atoms with Crippen molar-refractivity contribution in [3.63, 3.8) is 0 Å². The second-order valence-electron chi connectivity index (χ2n) is 10.2. The zero-order valence-electron chi connectivity index (χ0n) is 22.5. The standard InChI is InChI=1S/C25H45N3O6S.ClH/c1-18(2)19(15-21(26)22(29)17-28-35(31,32)25(3,4)5)16-27-24(30)20-11-7-8-12-23(20)34-14-10-9-13-33-6;/h7-8,11-12,18-19,21-22,28-29H,9-10,13-17,26H2,1-6H3,(H,27,30);1H/t19-,21+,22+;/m1./s1. The summed E-state index contributed by atoms with van der Waals surface area (Å²) < 4.78 is 36.8. The number of rotatable bonds is 16. The van der Waals surface area contributed by atoms with Crippen molar-refractivity contribution in [3.05, 3.63) is 29.8 Å². The van der Waals surface area contributed by atoms with Crippen molar-refractivity contribution in [3.8, 4) is 5.75 Å². The summed E-state index contributed by atoms with van der Waals surface area (Å²) in [6, 6.07) is 6.46. The Labute approximate surface area is 223 Å². The molecule has 0 aliphatic heterocycles. The van der Waals surface area contributed by atoms with E-state index in [1.807, 2.05) is 19.9 Å². The lowest BCUT2D eigenvalue weighted by Crippen LogP contribution is -2.48. The minimum atomic E-state index is -3.58. The highest BCUT2D eigenvalue weighted by Gasteiger charge is 2.30. The average molecular weight is 552 g/mol. The van der Waals surface area contributed by atoms with Crippen LogP contribution in [0.3, 0.4) is 0 Å². The number of methoxy groups -OCH3 is 1. The molecule has 0 heterocycles. The van der Waals surface area contributed by atoms with Crippen LogP contribution in [-0.4, -0.2) is 69.7 Å². The molecule has 1 rings (SSSR count). The quantitative estimate of drug-likeness (QED) is 0.231. The number of nitrogens with two attached hydrogens (primary N) is 1. The van der Waals surface area contributed by atoms with Gasteiger partial charge in [0.05, 0.1) is 23.0 Å². The molecule has 11 heteroatoms. The Bertz CT molecular complexity index is 877. The highest BCUT2D eigenvalue weighted by molar-refractivity contribution is 7.90. The first kappa shape index (κ1) is 34.6. The first-order valence-electron chi connectivity index (χ1n) is 12.2. The number of carbonyl (C=O) groups is 1. The van der Waals surface area contributed by atoms with Gasteiger partial charge in [-0.15, -0.1) is 12.4 Å². The molecule has 9 nitrogen and oxygen atoms in total. The molecule has 0 saturated heterocycles. The molecule has 36 heavy (non-hydrogen) atoms. The van der Waals surface area contributed by atoms with Crippen LogP contribution >= 0.6 is 12.4 Å². The van der Waals surface area contributed by atoms with Gasteiger partial charge in [0, 0.05) is 32.8 Å². The topological polar surface area (TPSA) is 140 Å². The number of benzene rings is 1. The van der Waals surface area contributed by atoms with E-state index in [1.165, 1.54) is 0 Å². The van der Waals surface area contributed by atoms with Gasteiger partial charge >= 0.3 is 0 Å². The molecule has 1 aromatic rings. The Hall–Kier alpha value is -1.43. The molecule has 0 bridgehead atoms. The molecule has 0 aliphatic rings. The highest BCUT2D eigenvalue weighted by Crippen LogP contribution is 2.21. The van der Waals surface area contributed by atoms with Gasteiger partial charge in [0.2, 0.25) is 10.0 Å². The van der Waals surface area contributed by atoms with Gasteiger partial charge in [0.1, 0.15) is 5.75 Å². The van der Waals surface area contributed by atoms with Crippen molar-refractivity contribution in [2.45, 2.75) is 70.8 Å². The second kappa shape index (κ2) is 16.4. The molecule has 0 aliphatic carbocycles. The van der Waals surface area contributed by atoms with Gasteiger partial charge in [-0.1, -0.05) is 26.0 Å². The van der Waals surface area contributed by atoms with E-state index in [0.29, 0.717) is 37.5 Å². The van der Waals surface area contributed by atoms with E-state index in [-0.39, 0.29) is 36.7 Å². The van der Waals surface area contributed by atoms with Crippen LogP contribution in [0, 0.1) is 11.8 Å². The number of carbonyl (C=O) groups excluding carboxylic acids is 1. The van der Waals surface area contributed by atoms with Crippen LogP contribution in [0.5, 0.6) is 5.75 Å². The van der Waals surface area contributed by atoms with Gasteiger partial charge in [0.25, 0.3) is 5.91 Å². The summed E-state index contributed by atoms with van der Waals surface area (Å²) in [5, 5.41) is 13.4. The Morgan fingerprint density at radius 3 is 2.31 bits per heavy atom. The number of hydrogen-bond acceptors (Lipinski definition) is 7. The maximum Gasteiger partial charge on any atom is 0.255 e. The fourth-order valence-electron chi connectivity index (χ4n) is 3.29. The van der Waals surface area contributed by atoms with Crippen molar-refractivity contribution in [1.82, 2.24) is 10.0 Å². The molecule has 210 valence electrons. The minimum Gasteiger partial charge on any atom is -0.493 e. The van der Waals surface area contributed by atoms with Crippen molar-refractivity contribution >= 4 is 28.3 Å². The van der Waals surface area contributed by atoms with E-state index in [2.05, 4.69) is 10.0 Å². The van der Waals surface area contributed by atoms with Crippen LogP contribution in [0.4, 0.5) is 0 Å². The number of aliphatic hydroxyl groups is 1. The highest BCUT2D eigenvalue weighted by atomic mass is 35.5. The third-order valence-electron chi connectivity index (χ3n) is 5.96. The Morgan fingerprint density at radius 1 is 1.11 bits per heavy atom. The summed E-state index contributed by atoms with van der Waals surface area (Å²) in [5.74, 6) is 0.467. The van der Waals surface area contributed by atoms with E-state index in [0.717, 1.165) is 12.8 Å². The van der Waals surface area contributed by atoms with Crippen molar-refractivity contribution in [2.75, 3.05) is 33.4 Å². The van der Waals surface area contributed by atoms with Gasteiger partial charge in [-0.3, -0.25) is 4.79 Å². The monoisotopic (exact) mass is 551 g/mol. The lowest BCUT2D eigenvalue weighted by Gasteiger charge is -2.28. The van der Waals surface area contributed by atoms with E-state index in [1.54, 1.807) is 46.1 Å². The first-order valence-corrected chi connectivity index (χ1v) is 13.7. The fourth-order valence-corrected chi connectivity index (χ4v) is 4.11. The third kappa shape index (κ3) is 11.7. The van der Waals surface area contributed by atoms with Gasteiger partial charge in [-0.25, -0.2) is 13.1 Å². The molecular formula is C25H46ClN3O6S. The van der Waals surface area contributed by atoms with Crippen LogP contribution in [-0.2, 0) is 14.8 Å². The molecule has 1 amide bonds. The summed E-state index contributed by atoms with van der Waals surface area (Å²) in [5.41, 5.74) is 6.66. The minimum absolute atomic E-state index is 0. The lowest BCUT2D eigenvalue weighted by molar-refractivity contribution is 0.0928. The molecule has 0 radical (unpaired) electrons. The summed E-state index contributed by atoms with van der Waals surface area (Å²) in [6.07, 6.45) is 1.08. The zero-order chi connectivity index (χ0) is 26.6. The van der Waals surface area contributed by atoms with Crippen LogP contribution in [0.15, 0.2) is 24.3 Å². The Kier molecular flexibility index (Phi) is 15.8. The average Bonchev–Trinajstić information content (AvgIpc) is 2.79. The van der Waals surface area contributed by atoms with E-state index in [9.17, 15) is 18.3 Å². The van der Waals surface area contributed by atoms with Gasteiger partial charge in [-0.2, -0.15) is 0 Å². The van der Waals surface area contributed by atoms with Crippen LogP contribution in [0.25, 0.3) is 0 Å². The molecule has 0 spiro atoms. The van der Waals surface area contributed by atoms with Crippen molar-refractivity contribution in [1.29, 1.82) is 0 Å². The van der Waals surface area contributed by atoms with Gasteiger partial charge < -0.3 is 25.6 Å². The maximum absolute atomic E-state index is 12.9. The number of amides is 1. The normalized spacial score (nSPS) is 14.6. The predicted octanol–water partition coefficient (Wildman–Crippen LogP) is 2.71. The molecule has 3 atom stereocenters. The molecule has 0 saturated carbocycles. The first-order chi connectivity index (χ1) is 16.3. The second-order valence-corrected chi connectivity index (χ2v) is 12.7. The van der Waals surface area contributed by atoms with E-state index >= 15 is 0 Å². The Morgan fingerprint density at radius 2 is 1.72 bits per heavy atom. The zero-order valence-corrected chi connectivity index (χ0v) is 24.1. The summed E-state index contributed by atoms with van der Waals surface area (Å²) >= 11 is 0. The number of para-hydroxylation sites is 1. The van der Waals surface area contributed by atoms with Gasteiger partial charge in [-0.05, 0) is 64.0 Å². The third-order valence-corrected chi connectivity index (χ3v) is 8.12. The number of unbranched alkanes of at least 4 members (excludes halogenated alkanes) is 1. The van der Waals surface area contributed by atoms with Crippen molar-refractivity contribution in [2.24, 2.45) is 17.6 Å². The summed E-state index contributed by atoms with van der Waals surface area (Å²) in [6.45, 7) is 10.2. The fraction of sp³-hybridized carbons (Fsp3) is 0.720. The van der Waals surface area contributed by atoms with Gasteiger partial charge in [0.15, 0.2) is 0 Å². The molecule has 5 N–H and O–H groups in total. The smallest absolute Gasteiger partial charge is 0.255 e. The molecule has 0 aromatic heterocycles. The molecule has 0 fully saturated rings. The Balaban J connectivity index is 0.0000122. The predicted molar refractivity (Wildman–Crippen MR) is 146 cm³/mol. The van der Waals surface area contributed by atoms with Crippen LogP contribution in [0.1, 0.15) is 64.2 Å². The molecule has 0 unspecified atom stereocenters. The SMILES string of the molecule is COCCCCOc1ccccc1C(=O)NC[C@@H](C[C@H](N)[C@@H](O)CNS(=O)(=O)C(C)(C)C)C(C)C.Cl. The number of halogens is 1. The van der Waals surface area contributed by atoms with E-state index < -0.39 is 26.9 Å². The molecular weight excluding hydrogens is 506 g/mol. The number of ether oxygens (including phenoxy) is 2. The molecule has 1 aromatic carbocycles. The summed E-state index contributed by atoms with van der Waals surface area (Å²) in [7, 11) is -1.92. The summed E-state index contributed by atoms with van der Waals surface area (Å²) in [4.78, 5) is 12.9. The van der Waals surface area contributed by atoms with E-state index in [4.69, 9.17) is 15.2 Å². The maximum atomic E-state index is 12.9. The lowest BCUT2D eigenvalue weighted by atomic mass is 9.87. The van der Waals surface area contributed by atoms with Crippen LogP contribution < -0.4 is 20.5 Å².